The minimum atomic E-state index is -4.63. The highest BCUT2D eigenvalue weighted by Crippen LogP contribution is 2.50. The largest absolute Gasteiger partial charge is 0.421 e. The van der Waals surface area contributed by atoms with E-state index in [-0.39, 0.29) is 21.4 Å². The quantitative estimate of drug-likeness (QED) is 0.374. The number of fused-ring (bicyclic) bond motifs is 2. The second-order valence-electron chi connectivity index (χ2n) is 9.15. The zero-order valence-corrected chi connectivity index (χ0v) is 19.8. The van der Waals surface area contributed by atoms with Crippen molar-refractivity contribution < 1.29 is 13.2 Å². The molecule has 5 heterocycles. The van der Waals surface area contributed by atoms with Crippen LogP contribution in [-0.2, 0) is 12.6 Å². The van der Waals surface area contributed by atoms with Crippen molar-refractivity contribution in [3.63, 3.8) is 0 Å². The van der Waals surface area contributed by atoms with E-state index in [4.69, 9.17) is 11.5 Å². The van der Waals surface area contributed by atoms with Crippen LogP contribution in [0, 0.1) is 5.41 Å². The Hall–Kier alpha value is -3.45. The van der Waals surface area contributed by atoms with Crippen molar-refractivity contribution in [2.45, 2.75) is 41.4 Å². The van der Waals surface area contributed by atoms with E-state index in [2.05, 4.69) is 40.9 Å². The van der Waals surface area contributed by atoms with E-state index in [1.807, 2.05) is 12.3 Å². The third-order valence-corrected chi connectivity index (χ3v) is 8.08. The van der Waals surface area contributed by atoms with E-state index in [0.29, 0.717) is 17.2 Å². The van der Waals surface area contributed by atoms with E-state index in [0.717, 1.165) is 55.4 Å². The van der Waals surface area contributed by atoms with Crippen LogP contribution >= 0.6 is 11.8 Å². The molecule has 9 nitrogen and oxygen atoms in total. The molecule has 0 aromatic carbocycles. The van der Waals surface area contributed by atoms with Crippen molar-refractivity contribution in [2.24, 2.45) is 11.1 Å². The van der Waals surface area contributed by atoms with E-state index >= 15 is 0 Å². The summed E-state index contributed by atoms with van der Waals surface area (Å²) in [5, 5.41) is 0.286. The highest BCUT2D eigenvalue weighted by atomic mass is 32.2. The van der Waals surface area contributed by atoms with Gasteiger partial charge < -0.3 is 21.4 Å². The van der Waals surface area contributed by atoms with Gasteiger partial charge in [-0.25, -0.2) is 15.0 Å². The van der Waals surface area contributed by atoms with Crippen LogP contribution in [0.4, 0.5) is 24.9 Å². The third kappa shape index (κ3) is 3.82. The van der Waals surface area contributed by atoms with Gasteiger partial charge in [0.05, 0.1) is 6.20 Å². The number of hydrogen-bond donors (Lipinski definition) is 3. The molecular formula is C23H22F3N9S. The maximum absolute atomic E-state index is 13.5. The van der Waals surface area contributed by atoms with Crippen LogP contribution in [0.1, 0.15) is 35.7 Å². The molecule has 6 rings (SSSR count). The average molecular weight is 514 g/mol. The fourth-order valence-electron chi connectivity index (χ4n) is 5.21. The summed E-state index contributed by atoms with van der Waals surface area (Å²) in [6.07, 6.45) is 2.49. The number of aromatic amines is 1. The fraction of sp³-hybridized carbons (Fsp3) is 0.348. The zero-order chi connectivity index (χ0) is 25.1. The first kappa shape index (κ1) is 23.0. The van der Waals surface area contributed by atoms with Gasteiger partial charge in [-0.1, -0.05) is 17.8 Å². The number of imidazole rings is 1. The maximum atomic E-state index is 13.5. The Labute approximate surface area is 208 Å². The van der Waals surface area contributed by atoms with Crippen molar-refractivity contribution in [1.29, 1.82) is 0 Å². The fourth-order valence-corrected chi connectivity index (χ4v) is 6.13. The summed E-state index contributed by atoms with van der Waals surface area (Å²) in [5.41, 5.74) is 14.2. The molecule has 0 saturated carbocycles. The van der Waals surface area contributed by atoms with Gasteiger partial charge in [0, 0.05) is 42.1 Å². The standard InChI is InChI=1S/C23H22F3N9S/c24-23(25,26)16-14(3-7-30-18(16)28)36-15-11-31-19-20(32-15)34-21(33-19)35-8-4-22(5-9-35)10-13-12(17(22)27)2-1-6-29-13/h1-3,6-7,11,17H,4-5,8-10,27H2,(H2,28,30)(H,31,32,33,34)/t17-/m1/s1. The summed E-state index contributed by atoms with van der Waals surface area (Å²) < 4.78 is 40.4. The number of anilines is 2. The van der Waals surface area contributed by atoms with Crippen LogP contribution in [-0.4, -0.2) is 43.0 Å². The first-order valence-electron chi connectivity index (χ1n) is 11.4. The predicted octanol–water partition coefficient (Wildman–Crippen LogP) is 3.74. The SMILES string of the molecule is Nc1nccc(Sc2cnc3nc(N4CCC5(CC4)Cc4ncccc4[C@H]5N)[nH]c3n2)c1C(F)(F)F. The first-order chi connectivity index (χ1) is 17.2. The topological polar surface area (TPSA) is 136 Å². The molecule has 1 fully saturated rings. The van der Waals surface area contributed by atoms with Crippen molar-refractivity contribution in [2.75, 3.05) is 23.7 Å². The molecule has 2 aliphatic rings. The molecule has 13 heteroatoms. The minimum absolute atomic E-state index is 0.0118. The Bertz CT molecular complexity index is 1450. The van der Waals surface area contributed by atoms with Gasteiger partial charge in [-0.3, -0.25) is 4.98 Å². The summed E-state index contributed by atoms with van der Waals surface area (Å²) in [6.45, 7) is 1.52. The van der Waals surface area contributed by atoms with Gasteiger partial charge >= 0.3 is 6.18 Å². The number of nitrogens with zero attached hydrogens (tertiary/aromatic N) is 6. The van der Waals surface area contributed by atoms with E-state index in [1.54, 1.807) is 0 Å². The maximum Gasteiger partial charge on any atom is 0.421 e. The Morgan fingerprint density at radius 1 is 1.08 bits per heavy atom. The second kappa shape index (κ2) is 8.30. The highest BCUT2D eigenvalue weighted by Gasteiger charge is 2.46. The molecular weight excluding hydrogens is 491 g/mol. The van der Waals surface area contributed by atoms with E-state index in [1.165, 1.54) is 18.5 Å². The Kier molecular flexibility index (Phi) is 5.30. The van der Waals surface area contributed by atoms with Gasteiger partial charge in [0.2, 0.25) is 5.95 Å². The lowest BCUT2D eigenvalue weighted by Crippen LogP contribution is -2.44. The molecule has 5 N–H and O–H groups in total. The number of hydrogen-bond acceptors (Lipinski definition) is 9. The lowest BCUT2D eigenvalue weighted by atomic mass is 9.73. The molecule has 0 radical (unpaired) electrons. The van der Waals surface area contributed by atoms with Gasteiger partial charge in [-0.15, -0.1) is 0 Å². The first-order valence-corrected chi connectivity index (χ1v) is 12.2. The molecule has 1 aliphatic carbocycles. The van der Waals surface area contributed by atoms with Crippen molar-refractivity contribution in [1.82, 2.24) is 29.9 Å². The molecule has 0 bridgehead atoms. The smallest absolute Gasteiger partial charge is 0.383 e. The molecule has 4 aromatic rings. The summed E-state index contributed by atoms with van der Waals surface area (Å²) in [7, 11) is 0. The number of pyridine rings is 2. The molecule has 0 unspecified atom stereocenters. The number of piperidine rings is 1. The molecule has 4 aromatic heterocycles. The van der Waals surface area contributed by atoms with Gasteiger partial charge in [0.1, 0.15) is 16.4 Å². The van der Waals surface area contributed by atoms with Crippen LogP contribution in [0.25, 0.3) is 11.3 Å². The van der Waals surface area contributed by atoms with Crippen LogP contribution < -0.4 is 16.4 Å². The number of halogens is 3. The normalized spacial score (nSPS) is 19.2. The number of H-pyrrole nitrogens is 1. The van der Waals surface area contributed by atoms with Crippen LogP contribution in [0.15, 0.2) is 46.7 Å². The van der Waals surface area contributed by atoms with Crippen molar-refractivity contribution in [3.05, 3.63) is 53.6 Å². The Morgan fingerprint density at radius 2 is 1.89 bits per heavy atom. The molecule has 1 spiro atoms. The van der Waals surface area contributed by atoms with Crippen molar-refractivity contribution >= 4 is 34.8 Å². The number of nitrogens with one attached hydrogen (secondary N) is 1. The van der Waals surface area contributed by atoms with Gasteiger partial charge in [0.25, 0.3) is 0 Å². The molecule has 1 aliphatic heterocycles. The summed E-state index contributed by atoms with van der Waals surface area (Å²) in [4.78, 5) is 26.6. The third-order valence-electron chi connectivity index (χ3n) is 7.11. The number of nitrogens with two attached hydrogens (primary N) is 2. The lowest BCUT2D eigenvalue weighted by Gasteiger charge is -2.41. The van der Waals surface area contributed by atoms with Crippen LogP contribution in [0.3, 0.4) is 0 Å². The van der Waals surface area contributed by atoms with E-state index in [9.17, 15) is 13.2 Å². The summed E-state index contributed by atoms with van der Waals surface area (Å²) >= 11 is 0.827. The number of aromatic nitrogens is 6. The van der Waals surface area contributed by atoms with Crippen LogP contribution in [0.2, 0.25) is 0 Å². The second-order valence-corrected chi connectivity index (χ2v) is 10.2. The average Bonchev–Trinajstić information content (AvgIpc) is 3.38. The van der Waals surface area contributed by atoms with Gasteiger partial charge in [-0.2, -0.15) is 18.2 Å². The molecule has 186 valence electrons. The number of alkyl halides is 3. The van der Waals surface area contributed by atoms with Gasteiger partial charge in [-0.05, 0) is 42.4 Å². The molecule has 1 atom stereocenters. The number of nitrogen functional groups attached to an aromatic ring is 1. The predicted molar refractivity (Wildman–Crippen MR) is 128 cm³/mol. The lowest BCUT2D eigenvalue weighted by molar-refractivity contribution is -0.139. The van der Waals surface area contributed by atoms with Crippen molar-refractivity contribution in [3.8, 4) is 0 Å². The highest BCUT2D eigenvalue weighted by molar-refractivity contribution is 7.99. The minimum Gasteiger partial charge on any atom is -0.383 e. The number of rotatable bonds is 3. The van der Waals surface area contributed by atoms with Crippen LogP contribution in [0.5, 0.6) is 0 Å². The Morgan fingerprint density at radius 3 is 2.64 bits per heavy atom. The monoisotopic (exact) mass is 513 g/mol. The summed E-state index contributed by atoms with van der Waals surface area (Å²) in [6, 6.07) is 5.23. The zero-order valence-electron chi connectivity index (χ0n) is 19.0. The molecule has 0 amide bonds. The molecule has 36 heavy (non-hydrogen) atoms. The van der Waals surface area contributed by atoms with E-state index < -0.39 is 17.6 Å². The summed E-state index contributed by atoms with van der Waals surface area (Å²) in [5.74, 6) is 0.0578. The molecule has 1 saturated heterocycles. The van der Waals surface area contributed by atoms with Gasteiger partial charge in [0.15, 0.2) is 11.3 Å². The Balaban J connectivity index is 1.20.